The first kappa shape index (κ1) is 20.9. The van der Waals surface area contributed by atoms with Crippen LogP contribution in [0.25, 0.3) is 22.4 Å². The average molecular weight is 397 g/mol. The lowest BCUT2D eigenvalue weighted by atomic mass is 10.1. The van der Waals surface area contributed by atoms with Crippen LogP contribution in [0.2, 0.25) is 0 Å². The fourth-order valence-electron chi connectivity index (χ4n) is 3.39. The Labute approximate surface area is 171 Å². The van der Waals surface area contributed by atoms with Crippen LogP contribution in [0, 0.1) is 5.82 Å². The number of anilines is 2. The van der Waals surface area contributed by atoms with Crippen LogP contribution >= 0.6 is 0 Å². The topological polar surface area (TPSA) is 80.0 Å². The van der Waals surface area contributed by atoms with Gasteiger partial charge in [0.1, 0.15) is 17.2 Å². The van der Waals surface area contributed by atoms with Crippen molar-refractivity contribution in [3.8, 4) is 11.3 Å². The van der Waals surface area contributed by atoms with Gasteiger partial charge in [0.25, 0.3) is 0 Å². The first-order chi connectivity index (χ1) is 14.0. The number of nitrogens with one attached hydrogen (secondary N) is 1. The van der Waals surface area contributed by atoms with E-state index in [4.69, 9.17) is 5.73 Å². The minimum atomic E-state index is -0.286. The van der Waals surface area contributed by atoms with Crippen LogP contribution in [-0.2, 0) is 0 Å². The van der Waals surface area contributed by atoms with Crippen molar-refractivity contribution in [2.75, 3.05) is 30.7 Å². The summed E-state index contributed by atoms with van der Waals surface area (Å²) in [6.07, 6.45) is 3.85. The molecule has 3 N–H and O–H groups in total. The number of nitrogens with zero attached hydrogens (tertiary/aromatic N) is 4. The molecule has 154 valence electrons. The van der Waals surface area contributed by atoms with Gasteiger partial charge < -0.3 is 16.0 Å². The van der Waals surface area contributed by atoms with E-state index in [2.05, 4.69) is 45.9 Å². The van der Waals surface area contributed by atoms with Gasteiger partial charge in [0.2, 0.25) is 0 Å². The molecule has 3 aromatic rings. The van der Waals surface area contributed by atoms with Crippen molar-refractivity contribution in [3.05, 3.63) is 42.3 Å². The minimum absolute atomic E-state index is 0.272. The number of aromatic nitrogens is 3. The molecule has 1 aromatic carbocycles. The number of fused-ring (bicyclic) bond motifs is 1. The van der Waals surface area contributed by atoms with Crippen LogP contribution in [0.15, 0.2) is 36.5 Å². The molecule has 0 amide bonds. The second-order valence-corrected chi connectivity index (χ2v) is 7.24. The molecule has 0 aliphatic heterocycles. The summed E-state index contributed by atoms with van der Waals surface area (Å²) in [5.41, 5.74) is 9.42. The third-order valence-corrected chi connectivity index (χ3v) is 5.08. The summed E-state index contributed by atoms with van der Waals surface area (Å²) in [6, 6.07) is 8.23. The second-order valence-electron chi connectivity index (χ2n) is 7.24. The molecule has 2 heterocycles. The van der Waals surface area contributed by atoms with Crippen LogP contribution in [0.3, 0.4) is 0 Å². The van der Waals surface area contributed by atoms with E-state index in [-0.39, 0.29) is 11.9 Å². The van der Waals surface area contributed by atoms with E-state index < -0.39 is 0 Å². The van der Waals surface area contributed by atoms with E-state index in [0.29, 0.717) is 22.7 Å². The standard InChI is InChI=1S/C22H29FN6/c1-4-29(5-2)12-6-7-15(3)26-18-13-20(24)28-22-21(18)25-14-19(27-22)16-8-10-17(23)11-9-16/h8-11,13-15H,4-7,12H2,1-3H3,(H3,24,26,27,28). The molecule has 0 aliphatic rings. The number of pyridine rings is 1. The molecule has 6 nitrogen and oxygen atoms in total. The largest absolute Gasteiger partial charge is 0.384 e. The maximum absolute atomic E-state index is 13.2. The van der Waals surface area contributed by atoms with Crippen molar-refractivity contribution in [2.24, 2.45) is 0 Å². The Balaban J connectivity index is 1.77. The quantitative estimate of drug-likeness (QED) is 0.560. The highest BCUT2D eigenvalue weighted by molar-refractivity contribution is 5.88. The highest BCUT2D eigenvalue weighted by atomic mass is 19.1. The fourth-order valence-corrected chi connectivity index (χ4v) is 3.39. The van der Waals surface area contributed by atoms with E-state index in [1.54, 1.807) is 24.4 Å². The first-order valence-electron chi connectivity index (χ1n) is 10.2. The van der Waals surface area contributed by atoms with Crippen molar-refractivity contribution in [3.63, 3.8) is 0 Å². The van der Waals surface area contributed by atoms with Gasteiger partial charge in [0, 0.05) is 17.7 Å². The molecule has 0 spiro atoms. The fraction of sp³-hybridized carbons (Fsp3) is 0.409. The molecule has 1 unspecified atom stereocenters. The summed E-state index contributed by atoms with van der Waals surface area (Å²) < 4.78 is 13.2. The average Bonchev–Trinajstić information content (AvgIpc) is 2.71. The van der Waals surface area contributed by atoms with Crippen LogP contribution in [0.4, 0.5) is 15.9 Å². The Morgan fingerprint density at radius 1 is 1.14 bits per heavy atom. The molecule has 0 fully saturated rings. The van der Waals surface area contributed by atoms with E-state index in [9.17, 15) is 4.39 Å². The third kappa shape index (κ3) is 5.38. The zero-order valence-electron chi connectivity index (χ0n) is 17.3. The molecule has 0 aliphatic carbocycles. The predicted molar refractivity (Wildman–Crippen MR) is 117 cm³/mol. The van der Waals surface area contributed by atoms with Gasteiger partial charge in [-0.1, -0.05) is 13.8 Å². The normalized spacial score (nSPS) is 12.4. The highest BCUT2D eigenvalue weighted by Crippen LogP contribution is 2.25. The Bertz CT molecular complexity index is 940. The summed E-state index contributed by atoms with van der Waals surface area (Å²) in [4.78, 5) is 15.9. The summed E-state index contributed by atoms with van der Waals surface area (Å²) in [5, 5.41) is 3.51. The number of rotatable bonds is 9. The molecule has 2 aromatic heterocycles. The van der Waals surface area contributed by atoms with Gasteiger partial charge >= 0.3 is 0 Å². The Hall–Kier alpha value is -2.80. The van der Waals surface area contributed by atoms with E-state index >= 15 is 0 Å². The summed E-state index contributed by atoms with van der Waals surface area (Å²) >= 11 is 0. The molecule has 3 rings (SSSR count). The van der Waals surface area contributed by atoms with Gasteiger partial charge in [-0.25, -0.2) is 19.3 Å². The zero-order valence-corrected chi connectivity index (χ0v) is 17.3. The van der Waals surface area contributed by atoms with Crippen molar-refractivity contribution in [1.82, 2.24) is 19.9 Å². The Kier molecular flexibility index (Phi) is 6.93. The molecular formula is C22H29FN6. The lowest BCUT2D eigenvalue weighted by molar-refractivity contribution is 0.295. The molecular weight excluding hydrogens is 367 g/mol. The molecule has 0 radical (unpaired) electrons. The van der Waals surface area contributed by atoms with E-state index in [1.807, 2.05) is 0 Å². The Morgan fingerprint density at radius 2 is 1.86 bits per heavy atom. The van der Waals surface area contributed by atoms with Crippen LogP contribution in [0.5, 0.6) is 0 Å². The predicted octanol–water partition coefficient (Wildman–Crippen LogP) is 4.34. The van der Waals surface area contributed by atoms with Gasteiger partial charge in [-0.15, -0.1) is 0 Å². The van der Waals surface area contributed by atoms with Crippen LogP contribution < -0.4 is 11.1 Å². The molecule has 0 saturated carbocycles. The summed E-state index contributed by atoms with van der Waals surface area (Å²) in [5.74, 6) is 0.104. The number of benzene rings is 1. The number of halogens is 1. The van der Waals surface area contributed by atoms with E-state index in [0.717, 1.165) is 43.7 Å². The van der Waals surface area contributed by atoms with Crippen LogP contribution in [0.1, 0.15) is 33.6 Å². The van der Waals surface area contributed by atoms with Crippen molar-refractivity contribution in [2.45, 2.75) is 39.7 Å². The number of nitrogens with two attached hydrogens (primary N) is 1. The highest BCUT2D eigenvalue weighted by Gasteiger charge is 2.12. The third-order valence-electron chi connectivity index (χ3n) is 5.08. The second kappa shape index (κ2) is 9.60. The monoisotopic (exact) mass is 396 g/mol. The molecule has 7 heteroatoms. The molecule has 0 bridgehead atoms. The van der Waals surface area contributed by atoms with Gasteiger partial charge in [-0.3, -0.25) is 0 Å². The van der Waals surface area contributed by atoms with Gasteiger partial charge in [-0.2, -0.15) is 0 Å². The maximum atomic E-state index is 13.2. The summed E-state index contributed by atoms with van der Waals surface area (Å²) in [6.45, 7) is 9.79. The molecule has 29 heavy (non-hydrogen) atoms. The van der Waals surface area contributed by atoms with Gasteiger partial charge in [0.05, 0.1) is 17.6 Å². The Morgan fingerprint density at radius 3 is 2.55 bits per heavy atom. The summed E-state index contributed by atoms with van der Waals surface area (Å²) in [7, 11) is 0. The number of hydrogen-bond acceptors (Lipinski definition) is 6. The molecule has 0 saturated heterocycles. The number of hydrogen-bond donors (Lipinski definition) is 2. The first-order valence-corrected chi connectivity index (χ1v) is 10.2. The smallest absolute Gasteiger partial charge is 0.182 e. The van der Waals surface area contributed by atoms with Gasteiger partial charge in [0.15, 0.2) is 5.65 Å². The van der Waals surface area contributed by atoms with Crippen molar-refractivity contribution < 1.29 is 4.39 Å². The lowest BCUT2D eigenvalue weighted by Crippen LogP contribution is -2.25. The maximum Gasteiger partial charge on any atom is 0.182 e. The zero-order chi connectivity index (χ0) is 20.8. The lowest BCUT2D eigenvalue weighted by Gasteiger charge is -2.20. The van der Waals surface area contributed by atoms with E-state index in [1.165, 1.54) is 12.1 Å². The number of nitrogen functional groups attached to an aromatic ring is 1. The van der Waals surface area contributed by atoms with Crippen molar-refractivity contribution in [1.29, 1.82) is 0 Å². The molecule has 1 atom stereocenters. The minimum Gasteiger partial charge on any atom is -0.384 e. The van der Waals surface area contributed by atoms with Crippen LogP contribution in [-0.4, -0.2) is 45.5 Å². The van der Waals surface area contributed by atoms with Gasteiger partial charge in [-0.05, 0) is 63.7 Å². The SMILES string of the molecule is CCN(CC)CCCC(C)Nc1cc(N)nc2nc(-c3ccc(F)cc3)cnc12. The van der Waals surface area contributed by atoms with Crippen molar-refractivity contribution >= 4 is 22.7 Å².